The van der Waals surface area contributed by atoms with Crippen molar-refractivity contribution in [2.75, 3.05) is 0 Å². The predicted octanol–water partition coefficient (Wildman–Crippen LogP) is 2.45. The Morgan fingerprint density at radius 1 is 1.35 bits per heavy atom. The number of nitrogens with zero attached hydrogens (tertiary/aromatic N) is 2. The van der Waals surface area contributed by atoms with Crippen molar-refractivity contribution in [2.24, 2.45) is 12.8 Å². The van der Waals surface area contributed by atoms with Crippen molar-refractivity contribution >= 4 is 24.8 Å². The quantitative estimate of drug-likeness (QED) is 0.917. The minimum absolute atomic E-state index is 0. The lowest BCUT2D eigenvalue weighted by Gasteiger charge is -2.11. The maximum Gasteiger partial charge on any atom is 0.129 e. The summed E-state index contributed by atoms with van der Waals surface area (Å²) < 4.78 is 14.8. The molecule has 0 saturated heterocycles. The fourth-order valence-electron chi connectivity index (χ4n) is 1.53. The van der Waals surface area contributed by atoms with E-state index in [9.17, 15) is 4.39 Å². The number of aromatic nitrogens is 2. The van der Waals surface area contributed by atoms with Crippen molar-refractivity contribution in [1.29, 1.82) is 0 Å². The van der Waals surface area contributed by atoms with Crippen LogP contribution in [0.5, 0.6) is 0 Å². The van der Waals surface area contributed by atoms with Gasteiger partial charge in [-0.05, 0) is 17.7 Å². The highest BCUT2D eigenvalue weighted by Crippen LogP contribution is 2.17. The summed E-state index contributed by atoms with van der Waals surface area (Å²) in [6.45, 7) is 0. The van der Waals surface area contributed by atoms with E-state index in [1.165, 1.54) is 12.1 Å². The standard InChI is InChI=1S/C11H12FN3.2ClH/c1-15-6-5-14-11(15)10(13)8-3-2-4-9(12)7-8;;/h2-7,10H,13H2,1H3;2*1H. The van der Waals surface area contributed by atoms with E-state index in [4.69, 9.17) is 5.73 Å². The number of halogens is 3. The van der Waals surface area contributed by atoms with E-state index in [0.29, 0.717) is 0 Å². The van der Waals surface area contributed by atoms with Crippen molar-refractivity contribution in [3.63, 3.8) is 0 Å². The van der Waals surface area contributed by atoms with Crippen molar-refractivity contribution < 1.29 is 4.39 Å². The molecule has 0 aliphatic carbocycles. The van der Waals surface area contributed by atoms with Crippen LogP contribution in [0.25, 0.3) is 0 Å². The van der Waals surface area contributed by atoms with Crippen LogP contribution < -0.4 is 5.73 Å². The van der Waals surface area contributed by atoms with Crippen LogP contribution in [0.4, 0.5) is 4.39 Å². The highest BCUT2D eigenvalue weighted by molar-refractivity contribution is 5.85. The molecule has 0 bridgehead atoms. The molecule has 2 aromatic rings. The van der Waals surface area contributed by atoms with Crippen LogP contribution in [0.1, 0.15) is 17.4 Å². The van der Waals surface area contributed by atoms with Gasteiger partial charge in [0.2, 0.25) is 0 Å². The van der Waals surface area contributed by atoms with Gasteiger partial charge >= 0.3 is 0 Å². The van der Waals surface area contributed by atoms with E-state index in [0.717, 1.165) is 11.4 Å². The van der Waals surface area contributed by atoms with Crippen LogP contribution in [-0.2, 0) is 7.05 Å². The van der Waals surface area contributed by atoms with E-state index in [2.05, 4.69) is 4.98 Å². The summed E-state index contributed by atoms with van der Waals surface area (Å²) in [7, 11) is 1.86. The highest BCUT2D eigenvalue weighted by atomic mass is 35.5. The van der Waals surface area contributed by atoms with Gasteiger partial charge in [0.05, 0.1) is 6.04 Å². The molecule has 2 N–H and O–H groups in total. The molecule has 1 aromatic carbocycles. The topological polar surface area (TPSA) is 43.8 Å². The van der Waals surface area contributed by atoms with Gasteiger partial charge in [-0.15, -0.1) is 24.8 Å². The summed E-state index contributed by atoms with van der Waals surface area (Å²) in [5, 5.41) is 0. The Kier molecular flexibility index (Phi) is 6.16. The number of hydrogen-bond donors (Lipinski definition) is 1. The molecule has 2 rings (SSSR count). The summed E-state index contributed by atoms with van der Waals surface area (Å²) >= 11 is 0. The summed E-state index contributed by atoms with van der Waals surface area (Å²) in [4.78, 5) is 4.14. The summed E-state index contributed by atoms with van der Waals surface area (Å²) in [5.74, 6) is 0.442. The largest absolute Gasteiger partial charge is 0.336 e. The molecule has 0 amide bonds. The molecule has 17 heavy (non-hydrogen) atoms. The molecule has 1 aromatic heterocycles. The maximum atomic E-state index is 13.0. The second kappa shape index (κ2) is 6.59. The van der Waals surface area contributed by atoms with Gasteiger partial charge in [0.25, 0.3) is 0 Å². The van der Waals surface area contributed by atoms with Crippen molar-refractivity contribution in [1.82, 2.24) is 9.55 Å². The highest BCUT2D eigenvalue weighted by Gasteiger charge is 2.13. The molecular formula is C11H14Cl2FN3. The molecular weight excluding hydrogens is 264 g/mol. The Bertz CT molecular complexity index is 473. The fourth-order valence-corrected chi connectivity index (χ4v) is 1.53. The predicted molar refractivity (Wildman–Crippen MR) is 70.1 cm³/mol. The molecule has 0 radical (unpaired) electrons. The van der Waals surface area contributed by atoms with Crippen LogP contribution >= 0.6 is 24.8 Å². The van der Waals surface area contributed by atoms with Gasteiger partial charge in [-0.2, -0.15) is 0 Å². The van der Waals surface area contributed by atoms with Crippen molar-refractivity contribution in [3.05, 3.63) is 53.9 Å². The second-order valence-corrected chi connectivity index (χ2v) is 3.43. The first-order chi connectivity index (χ1) is 7.18. The summed E-state index contributed by atoms with van der Waals surface area (Å²) in [5.41, 5.74) is 6.71. The van der Waals surface area contributed by atoms with Gasteiger partial charge in [-0.1, -0.05) is 12.1 Å². The van der Waals surface area contributed by atoms with Crippen LogP contribution in [0.15, 0.2) is 36.7 Å². The molecule has 0 fully saturated rings. The molecule has 6 heteroatoms. The number of benzene rings is 1. The molecule has 0 spiro atoms. The Hall–Kier alpha value is -1.10. The van der Waals surface area contributed by atoms with Gasteiger partial charge < -0.3 is 10.3 Å². The van der Waals surface area contributed by atoms with Crippen molar-refractivity contribution in [3.8, 4) is 0 Å². The lowest BCUT2D eigenvalue weighted by Crippen LogP contribution is -2.16. The average Bonchev–Trinajstić information content (AvgIpc) is 2.63. The molecule has 1 heterocycles. The van der Waals surface area contributed by atoms with Gasteiger partial charge in [0, 0.05) is 19.4 Å². The third kappa shape index (κ3) is 3.43. The monoisotopic (exact) mass is 277 g/mol. The SMILES string of the molecule is Cl.Cl.Cn1ccnc1C(N)c1cccc(F)c1. The van der Waals surface area contributed by atoms with E-state index in [1.807, 2.05) is 17.8 Å². The number of nitrogens with two attached hydrogens (primary N) is 1. The van der Waals surface area contributed by atoms with Crippen molar-refractivity contribution in [2.45, 2.75) is 6.04 Å². The fraction of sp³-hybridized carbons (Fsp3) is 0.182. The molecule has 0 aliphatic heterocycles. The zero-order valence-electron chi connectivity index (χ0n) is 9.21. The van der Waals surface area contributed by atoms with Crippen LogP contribution in [0.3, 0.4) is 0 Å². The lowest BCUT2D eigenvalue weighted by molar-refractivity contribution is 0.620. The van der Waals surface area contributed by atoms with Crippen LogP contribution in [0.2, 0.25) is 0 Å². The van der Waals surface area contributed by atoms with Gasteiger partial charge in [-0.25, -0.2) is 9.37 Å². The normalized spacial score (nSPS) is 11.2. The Morgan fingerprint density at radius 2 is 2.06 bits per heavy atom. The summed E-state index contributed by atoms with van der Waals surface area (Å²) in [6, 6.07) is 5.88. The van der Waals surface area contributed by atoms with E-state index in [-0.39, 0.29) is 36.7 Å². The number of aryl methyl sites for hydroxylation is 1. The number of hydrogen-bond acceptors (Lipinski definition) is 2. The smallest absolute Gasteiger partial charge is 0.129 e. The third-order valence-electron chi connectivity index (χ3n) is 2.34. The number of rotatable bonds is 2. The maximum absolute atomic E-state index is 13.0. The molecule has 0 saturated carbocycles. The Balaban J connectivity index is 0.00000128. The first-order valence-electron chi connectivity index (χ1n) is 4.67. The molecule has 3 nitrogen and oxygen atoms in total. The number of imidazole rings is 1. The van der Waals surface area contributed by atoms with E-state index < -0.39 is 0 Å². The minimum Gasteiger partial charge on any atom is -0.336 e. The van der Waals surface area contributed by atoms with Gasteiger partial charge in [-0.3, -0.25) is 0 Å². The third-order valence-corrected chi connectivity index (χ3v) is 2.34. The van der Waals surface area contributed by atoms with Gasteiger partial charge in [0.1, 0.15) is 11.6 Å². The molecule has 1 atom stereocenters. The zero-order chi connectivity index (χ0) is 10.8. The Labute approximate surface area is 112 Å². The van der Waals surface area contributed by atoms with E-state index >= 15 is 0 Å². The molecule has 0 aliphatic rings. The van der Waals surface area contributed by atoms with Crippen LogP contribution in [-0.4, -0.2) is 9.55 Å². The lowest BCUT2D eigenvalue weighted by atomic mass is 10.1. The Morgan fingerprint density at radius 3 is 2.59 bits per heavy atom. The van der Waals surface area contributed by atoms with E-state index in [1.54, 1.807) is 18.3 Å². The average molecular weight is 278 g/mol. The summed E-state index contributed by atoms with van der Waals surface area (Å²) in [6.07, 6.45) is 3.49. The molecule has 1 unspecified atom stereocenters. The van der Waals surface area contributed by atoms with Gasteiger partial charge in [0.15, 0.2) is 0 Å². The first kappa shape index (κ1) is 15.9. The molecule has 94 valence electrons. The second-order valence-electron chi connectivity index (χ2n) is 3.43. The minimum atomic E-state index is -0.388. The first-order valence-corrected chi connectivity index (χ1v) is 4.67. The zero-order valence-corrected chi connectivity index (χ0v) is 10.8. The van der Waals surface area contributed by atoms with Crippen LogP contribution in [0, 0.1) is 5.82 Å².